The van der Waals surface area contributed by atoms with Crippen LogP contribution < -0.4 is 21.7 Å². The second-order valence-corrected chi connectivity index (χ2v) is 11.7. The minimum Gasteiger partial charge on any atom is -0.460 e. The Morgan fingerprint density at radius 1 is 0.875 bits per heavy atom. The van der Waals surface area contributed by atoms with Gasteiger partial charge in [-0.3, -0.25) is 24.6 Å². The van der Waals surface area contributed by atoms with Crippen LogP contribution in [0, 0.1) is 11.3 Å². The number of rotatable bonds is 12. The van der Waals surface area contributed by atoms with Crippen LogP contribution in [0.3, 0.4) is 0 Å². The predicted molar refractivity (Wildman–Crippen MR) is 149 cm³/mol. The molecule has 1 aromatic rings. The Bertz CT molecular complexity index is 1090. The number of esters is 2. The first-order valence-corrected chi connectivity index (χ1v) is 13.0. The Morgan fingerprint density at radius 2 is 1.43 bits per heavy atom. The fourth-order valence-corrected chi connectivity index (χ4v) is 3.35. The lowest BCUT2D eigenvalue weighted by Crippen LogP contribution is -2.55. The van der Waals surface area contributed by atoms with Crippen molar-refractivity contribution in [2.45, 2.75) is 91.5 Å². The van der Waals surface area contributed by atoms with Crippen LogP contribution in [-0.4, -0.2) is 65.3 Å². The third-order valence-electron chi connectivity index (χ3n) is 5.14. The van der Waals surface area contributed by atoms with Crippen LogP contribution in [-0.2, 0) is 39.9 Å². The number of benzene rings is 1. The van der Waals surface area contributed by atoms with Gasteiger partial charge in [0, 0.05) is 5.56 Å². The van der Waals surface area contributed by atoms with E-state index in [9.17, 15) is 24.0 Å². The van der Waals surface area contributed by atoms with E-state index in [0.717, 1.165) is 0 Å². The molecule has 1 aromatic carbocycles. The summed E-state index contributed by atoms with van der Waals surface area (Å²) in [5, 5.41) is 14.9. The molecule has 2 atom stereocenters. The van der Waals surface area contributed by atoms with Gasteiger partial charge in [0.05, 0.1) is 19.4 Å². The van der Waals surface area contributed by atoms with Crippen LogP contribution in [0.4, 0.5) is 0 Å². The molecule has 0 saturated carbocycles. The van der Waals surface area contributed by atoms with Crippen LogP contribution in [0.2, 0.25) is 0 Å². The highest BCUT2D eigenvalue weighted by molar-refractivity contribution is 5.95. The number of nitrogens with one attached hydrogen (secondary N) is 4. The third kappa shape index (κ3) is 13.2. The van der Waals surface area contributed by atoms with Gasteiger partial charge in [-0.05, 0) is 53.0 Å². The highest BCUT2D eigenvalue weighted by Crippen LogP contribution is 2.14. The van der Waals surface area contributed by atoms with Gasteiger partial charge in [0.25, 0.3) is 0 Å². The Labute approximate surface area is 235 Å². The molecule has 12 heteroatoms. The van der Waals surface area contributed by atoms with Gasteiger partial charge in [-0.1, -0.05) is 38.1 Å². The Kier molecular flexibility index (Phi) is 12.3. The van der Waals surface area contributed by atoms with Crippen molar-refractivity contribution >= 4 is 35.5 Å². The number of amides is 3. The topological polar surface area (TPSA) is 190 Å². The molecule has 0 aliphatic carbocycles. The van der Waals surface area contributed by atoms with Gasteiger partial charge in [-0.25, -0.2) is 4.79 Å². The summed E-state index contributed by atoms with van der Waals surface area (Å²) in [5.74, 6) is -3.78. The molecule has 0 fully saturated rings. The molecule has 0 aliphatic heterocycles. The van der Waals surface area contributed by atoms with E-state index in [4.69, 9.17) is 20.6 Å². The van der Waals surface area contributed by atoms with Crippen LogP contribution in [0.1, 0.15) is 72.9 Å². The maximum Gasteiger partial charge on any atom is 0.329 e. The number of amidine groups is 1. The second-order valence-electron chi connectivity index (χ2n) is 11.7. The Morgan fingerprint density at radius 3 is 1.90 bits per heavy atom. The van der Waals surface area contributed by atoms with Crippen molar-refractivity contribution in [3.63, 3.8) is 0 Å². The molecule has 0 radical (unpaired) electrons. The number of hydrogen-bond acceptors (Lipinski definition) is 8. The van der Waals surface area contributed by atoms with E-state index in [1.807, 2.05) is 0 Å². The summed E-state index contributed by atoms with van der Waals surface area (Å²) in [4.78, 5) is 63.3. The SMILES string of the molecule is CC(C)[C@H](NC(=O)[C@H](CC(=O)OC(C)(C)C)NC(=O)CNC(=O)Cc1ccc(C(=N)N)cc1)C(=O)OC(C)(C)C. The molecule has 12 nitrogen and oxygen atoms in total. The fraction of sp³-hybridized carbons (Fsp3) is 0.571. The van der Waals surface area contributed by atoms with Crippen LogP contribution in [0.5, 0.6) is 0 Å². The summed E-state index contributed by atoms with van der Waals surface area (Å²) in [6.07, 6.45) is -0.524. The van der Waals surface area contributed by atoms with Gasteiger partial charge < -0.3 is 31.2 Å². The summed E-state index contributed by atoms with van der Waals surface area (Å²) in [6.45, 7) is 13.1. The molecule has 40 heavy (non-hydrogen) atoms. The quantitative estimate of drug-likeness (QED) is 0.143. The lowest BCUT2D eigenvalue weighted by Gasteiger charge is -2.28. The van der Waals surface area contributed by atoms with Crippen molar-refractivity contribution in [3.8, 4) is 0 Å². The molecule has 0 aromatic heterocycles. The predicted octanol–water partition coefficient (Wildman–Crippen LogP) is 1.33. The molecular weight excluding hydrogens is 518 g/mol. The minimum absolute atomic E-state index is 0.0285. The van der Waals surface area contributed by atoms with Crippen molar-refractivity contribution in [1.29, 1.82) is 5.41 Å². The summed E-state index contributed by atoms with van der Waals surface area (Å²) in [7, 11) is 0. The monoisotopic (exact) mass is 561 g/mol. The van der Waals surface area contributed by atoms with Crippen LogP contribution in [0.15, 0.2) is 24.3 Å². The highest BCUT2D eigenvalue weighted by Gasteiger charge is 2.33. The van der Waals surface area contributed by atoms with Crippen molar-refractivity contribution in [3.05, 3.63) is 35.4 Å². The van der Waals surface area contributed by atoms with E-state index < -0.39 is 65.9 Å². The molecule has 3 amide bonds. The molecule has 0 spiro atoms. The second kappa shape index (κ2) is 14.4. The maximum absolute atomic E-state index is 13.2. The van der Waals surface area contributed by atoms with Crippen molar-refractivity contribution in [2.75, 3.05) is 6.54 Å². The average molecular weight is 562 g/mol. The number of nitrogens with two attached hydrogens (primary N) is 1. The number of hydrogen-bond donors (Lipinski definition) is 5. The smallest absolute Gasteiger partial charge is 0.329 e. The van der Waals surface area contributed by atoms with Crippen molar-refractivity contribution in [1.82, 2.24) is 16.0 Å². The van der Waals surface area contributed by atoms with Crippen molar-refractivity contribution < 1.29 is 33.4 Å². The number of nitrogen functional groups attached to an aromatic ring is 1. The minimum atomic E-state index is -1.37. The zero-order chi connectivity index (χ0) is 30.8. The first-order valence-electron chi connectivity index (χ1n) is 13.0. The number of carbonyl (C=O) groups excluding carboxylic acids is 5. The Balaban J connectivity index is 2.91. The molecule has 0 unspecified atom stereocenters. The van der Waals surface area contributed by atoms with Gasteiger partial charge in [0.2, 0.25) is 17.7 Å². The fourth-order valence-electron chi connectivity index (χ4n) is 3.35. The standard InChI is InChI=1S/C28H43N5O7/c1-16(2)23(26(38)40-28(6,7)8)33-25(37)19(14-22(36)39-27(3,4)5)32-21(35)15-31-20(34)13-17-9-11-18(12-10-17)24(29)30/h9-12,16,19,23H,13-15H2,1-8H3,(H3,29,30)(H,31,34)(H,32,35)(H,33,37)/t19-,23-/m0/s1. The van der Waals surface area contributed by atoms with E-state index in [-0.39, 0.29) is 18.2 Å². The van der Waals surface area contributed by atoms with E-state index >= 15 is 0 Å². The zero-order valence-corrected chi connectivity index (χ0v) is 24.6. The van der Waals surface area contributed by atoms with Crippen LogP contribution >= 0.6 is 0 Å². The molecule has 1 rings (SSSR count). The van der Waals surface area contributed by atoms with Gasteiger partial charge in [0.1, 0.15) is 29.1 Å². The normalized spacial score (nSPS) is 13.0. The lowest BCUT2D eigenvalue weighted by molar-refractivity contribution is -0.160. The number of carbonyl (C=O) groups is 5. The van der Waals surface area contributed by atoms with Gasteiger partial charge in [-0.2, -0.15) is 0 Å². The maximum atomic E-state index is 13.2. The van der Waals surface area contributed by atoms with E-state index in [2.05, 4.69) is 16.0 Å². The molecule has 6 N–H and O–H groups in total. The number of ether oxygens (including phenoxy) is 2. The lowest BCUT2D eigenvalue weighted by atomic mass is 10.0. The first kappa shape index (κ1) is 34.1. The molecule has 0 saturated heterocycles. The summed E-state index contributed by atoms with van der Waals surface area (Å²) >= 11 is 0. The summed E-state index contributed by atoms with van der Waals surface area (Å²) in [5.41, 5.74) is 4.98. The van der Waals surface area contributed by atoms with Gasteiger partial charge in [-0.15, -0.1) is 0 Å². The van der Waals surface area contributed by atoms with E-state index in [1.165, 1.54) is 0 Å². The third-order valence-corrected chi connectivity index (χ3v) is 5.14. The molecular formula is C28H43N5O7. The highest BCUT2D eigenvalue weighted by atomic mass is 16.6. The molecule has 0 heterocycles. The average Bonchev–Trinajstić information content (AvgIpc) is 2.78. The zero-order valence-electron chi connectivity index (χ0n) is 24.6. The van der Waals surface area contributed by atoms with Crippen molar-refractivity contribution in [2.24, 2.45) is 11.7 Å². The molecule has 222 valence electrons. The van der Waals surface area contributed by atoms with Gasteiger partial charge >= 0.3 is 11.9 Å². The van der Waals surface area contributed by atoms with E-state index in [0.29, 0.717) is 11.1 Å². The Hall–Kier alpha value is -3.96. The first-order chi connectivity index (χ1) is 18.3. The van der Waals surface area contributed by atoms with Gasteiger partial charge in [0.15, 0.2) is 0 Å². The van der Waals surface area contributed by atoms with Crippen LogP contribution in [0.25, 0.3) is 0 Å². The molecule has 0 bridgehead atoms. The molecule has 0 aliphatic rings. The summed E-state index contributed by atoms with van der Waals surface area (Å²) < 4.78 is 10.7. The summed E-state index contributed by atoms with van der Waals surface area (Å²) in [6, 6.07) is 4.11. The van der Waals surface area contributed by atoms with E-state index in [1.54, 1.807) is 79.7 Å². The largest absolute Gasteiger partial charge is 0.460 e.